The van der Waals surface area contributed by atoms with Gasteiger partial charge in [0.25, 0.3) is 0 Å². The molecule has 0 aliphatic carbocycles. The van der Waals surface area contributed by atoms with E-state index in [1.165, 1.54) is 25.7 Å². The summed E-state index contributed by atoms with van der Waals surface area (Å²) < 4.78 is 2.09. The van der Waals surface area contributed by atoms with Crippen LogP contribution in [0.2, 0.25) is 5.28 Å². The zero-order chi connectivity index (χ0) is 12.7. The highest BCUT2D eigenvalue weighted by Crippen LogP contribution is 2.22. The van der Waals surface area contributed by atoms with Crippen molar-refractivity contribution >= 4 is 11.6 Å². The summed E-state index contributed by atoms with van der Waals surface area (Å²) in [6.45, 7) is 6.60. The molecule has 1 unspecified atom stereocenters. The molecule has 0 aliphatic rings. The van der Waals surface area contributed by atoms with E-state index in [-0.39, 0.29) is 0 Å². The molecule has 0 saturated carbocycles. The van der Waals surface area contributed by atoms with Gasteiger partial charge in [0.05, 0.1) is 0 Å². The molecule has 0 aromatic carbocycles. The average Bonchev–Trinajstić information content (AvgIpc) is 2.66. The van der Waals surface area contributed by atoms with Gasteiger partial charge in [0, 0.05) is 12.5 Å². The van der Waals surface area contributed by atoms with E-state index in [2.05, 4.69) is 35.5 Å². The van der Waals surface area contributed by atoms with Crippen LogP contribution in [-0.2, 0) is 6.42 Å². The molecule has 0 amide bonds. The summed E-state index contributed by atoms with van der Waals surface area (Å²) in [5, 5.41) is 8.67. The Hall–Kier alpha value is -0.570. The van der Waals surface area contributed by atoms with Gasteiger partial charge in [-0.15, -0.1) is 10.2 Å². The van der Waals surface area contributed by atoms with Gasteiger partial charge in [-0.1, -0.05) is 39.5 Å². The Kier molecular flexibility index (Phi) is 6.56. The van der Waals surface area contributed by atoms with Gasteiger partial charge in [0.2, 0.25) is 5.28 Å². The fourth-order valence-electron chi connectivity index (χ4n) is 2.13. The third-order valence-electron chi connectivity index (χ3n) is 3.11. The first-order valence-corrected chi connectivity index (χ1v) is 7.17. The summed E-state index contributed by atoms with van der Waals surface area (Å²) in [4.78, 5) is 0. The molecule has 0 radical (unpaired) electrons. The minimum absolute atomic E-state index is 0.413. The molecule has 98 valence electrons. The van der Waals surface area contributed by atoms with Crippen LogP contribution in [0.5, 0.6) is 0 Å². The molecule has 0 spiro atoms. The van der Waals surface area contributed by atoms with Gasteiger partial charge in [-0.05, 0) is 31.4 Å². The number of hydrogen-bond acceptors (Lipinski definition) is 2. The first-order chi connectivity index (χ1) is 8.20. The molecule has 0 saturated heterocycles. The van der Waals surface area contributed by atoms with E-state index in [1.807, 2.05) is 0 Å². The van der Waals surface area contributed by atoms with Crippen LogP contribution in [0.3, 0.4) is 0 Å². The quantitative estimate of drug-likeness (QED) is 0.646. The monoisotopic (exact) mass is 257 g/mol. The highest BCUT2D eigenvalue weighted by atomic mass is 35.5. The molecule has 1 aromatic rings. The zero-order valence-corrected chi connectivity index (χ0v) is 12.0. The maximum Gasteiger partial charge on any atom is 0.225 e. The number of hydrogen-bond donors (Lipinski definition) is 0. The average molecular weight is 258 g/mol. The smallest absolute Gasteiger partial charge is 0.225 e. The van der Waals surface area contributed by atoms with Crippen molar-refractivity contribution in [2.75, 3.05) is 0 Å². The Morgan fingerprint density at radius 1 is 1.12 bits per heavy atom. The van der Waals surface area contributed by atoms with Crippen LogP contribution in [0.4, 0.5) is 0 Å². The lowest BCUT2D eigenvalue weighted by molar-refractivity contribution is 0.457. The lowest BCUT2D eigenvalue weighted by Crippen LogP contribution is -2.09. The zero-order valence-electron chi connectivity index (χ0n) is 11.2. The van der Waals surface area contributed by atoms with E-state index in [0.717, 1.165) is 25.1 Å². The molecule has 1 heterocycles. The lowest BCUT2D eigenvalue weighted by atomic mass is 10.1. The van der Waals surface area contributed by atoms with E-state index in [4.69, 9.17) is 11.6 Å². The predicted octanol–water partition coefficient (Wildman–Crippen LogP) is 4.42. The second-order valence-corrected chi connectivity index (χ2v) is 5.04. The summed E-state index contributed by atoms with van der Waals surface area (Å²) in [5.74, 6) is 1.03. The van der Waals surface area contributed by atoms with E-state index >= 15 is 0 Å². The summed E-state index contributed by atoms with van der Waals surface area (Å²) in [6.07, 6.45) is 8.37. The normalized spacial score (nSPS) is 12.9. The number of nitrogens with zero attached hydrogens (tertiary/aromatic N) is 3. The van der Waals surface area contributed by atoms with Crippen molar-refractivity contribution in [1.82, 2.24) is 14.8 Å². The van der Waals surface area contributed by atoms with Crippen LogP contribution in [0, 0.1) is 0 Å². The van der Waals surface area contributed by atoms with E-state index in [0.29, 0.717) is 11.3 Å². The molecular weight excluding hydrogens is 234 g/mol. The summed E-state index contributed by atoms with van der Waals surface area (Å²) in [6, 6.07) is 0.413. The fourth-order valence-corrected chi connectivity index (χ4v) is 2.43. The van der Waals surface area contributed by atoms with Crippen molar-refractivity contribution in [2.24, 2.45) is 0 Å². The second-order valence-electron chi connectivity index (χ2n) is 4.70. The Labute approximate surface area is 110 Å². The third-order valence-corrected chi connectivity index (χ3v) is 3.37. The molecule has 1 rings (SSSR count). The number of aromatic nitrogens is 3. The molecular formula is C13H24ClN3. The van der Waals surface area contributed by atoms with Crippen LogP contribution >= 0.6 is 11.6 Å². The van der Waals surface area contributed by atoms with Crippen molar-refractivity contribution < 1.29 is 0 Å². The molecule has 17 heavy (non-hydrogen) atoms. The van der Waals surface area contributed by atoms with Gasteiger partial charge in [-0.25, -0.2) is 0 Å². The van der Waals surface area contributed by atoms with Crippen LogP contribution in [0.1, 0.15) is 71.2 Å². The summed E-state index contributed by atoms with van der Waals surface area (Å²) >= 11 is 6.10. The SMILES string of the molecule is CCCCCCC(C)n1c(Cl)nnc1CCC. The van der Waals surface area contributed by atoms with Gasteiger partial charge in [-0.2, -0.15) is 0 Å². The largest absolute Gasteiger partial charge is 0.299 e. The van der Waals surface area contributed by atoms with Gasteiger partial charge >= 0.3 is 0 Å². The summed E-state index contributed by atoms with van der Waals surface area (Å²) in [5.41, 5.74) is 0. The number of aryl methyl sites for hydroxylation is 1. The molecule has 3 nitrogen and oxygen atoms in total. The number of halogens is 1. The Balaban J connectivity index is 2.54. The maximum atomic E-state index is 6.10. The molecule has 0 fully saturated rings. The highest BCUT2D eigenvalue weighted by Gasteiger charge is 2.14. The number of unbranched alkanes of at least 4 members (excludes halogenated alkanes) is 3. The van der Waals surface area contributed by atoms with E-state index in [1.54, 1.807) is 0 Å². The minimum Gasteiger partial charge on any atom is -0.299 e. The molecule has 0 N–H and O–H groups in total. The van der Waals surface area contributed by atoms with Crippen molar-refractivity contribution in [3.05, 3.63) is 11.1 Å². The van der Waals surface area contributed by atoms with Crippen LogP contribution in [-0.4, -0.2) is 14.8 Å². The van der Waals surface area contributed by atoms with Crippen molar-refractivity contribution in [3.63, 3.8) is 0 Å². The second kappa shape index (κ2) is 7.70. The lowest BCUT2D eigenvalue weighted by Gasteiger charge is -2.16. The van der Waals surface area contributed by atoms with Crippen LogP contribution in [0.25, 0.3) is 0 Å². The third kappa shape index (κ3) is 4.30. The molecule has 0 bridgehead atoms. The standard InChI is InChI=1S/C13H24ClN3/c1-4-6-7-8-10-11(3)17-12(9-5-2)15-16-13(17)14/h11H,4-10H2,1-3H3. The van der Waals surface area contributed by atoms with E-state index in [9.17, 15) is 0 Å². The van der Waals surface area contributed by atoms with Crippen molar-refractivity contribution in [2.45, 2.75) is 71.8 Å². The maximum absolute atomic E-state index is 6.10. The molecule has 4 heteroatoms. The minimum atomic E-state index is 0.413. The molecule has 0 aliphatic heterocycles. The predicted molar refractivity (Wildman–Crippen MR) is 72.5 cm³/mol. The van der Waals surface area contributed by atoms with Gasteiger partial charge in [-0.3, -0.25) is 4.57 Å². The summed E-state index contributed by atoms with van der Waals surface area (Å²) in [7, 11) is 0. The Bertz CT molecular complexity index is 322. The topological polar surface area (TPSA) is 30.7 Å². The van der Waals surface area contributed by atoms with E-state index < -0.39 is 0 Å². The number of rotatable bonds is 8. The van der Waals surface area contributed by atoms with Crippen LogP contribution < -0.4 is 0 Å². The van der Waals surface area contributed by atoms with Gasteiger partial charge < -0.3 is 0 Å². The first-order valence-electron chi connectivity index (χ1n) is 6.79. The Morgan fingerprint density at radius 3 is 2.53 bits per heavy atom. The van der Waals surface area contributed by atoms with Gasteiger partial charge in [0.15, 0.2) is 0 Å². The fraction of sp³-hybridized carbons (Fsp3) is 0.846. The molecule has 1 atom stereocenters. The first kappa shape index (κ1) is 14.5. The highest BCUT2D eigenvalue weighted by molar-refractivity contribution is 6.28. The van der Waals surface area contributed by atoms with Gasteiger partial charge in [0.1, 0.15) is 5.82 Å². The Morgan fingerprint density at radius 2 is 1.88 bits per heavy atom. The van der Waals surface area contributed by atoms with Crippen molar-refractivity contribution in [3.8, 4) is 0 Å². The van der Waals surface area contributed by atoms with Crippen LogP contribution in [0.15, 0.2) is 0 Å². The molecule has 1 aromatic heterocycles. The van der Waals surface area contributed by atoms with Crippen molar-refractivity contribution in [1.29, 1.82) is 0 Å².